The summed E-state index contributed by atoms with van der Waals surface area (Å²) in [6.07, 6.45) is 47.2. The standard InChI is InChI=1S/C39H69NO3/c1-3-5-7-9-11-13-15-17-19-20-21-23-25-27-29-31-33-35-39(43)40-37(36-41)38(42)34-32-30-28-26-24-22-18-16-14-12-10-8-6-4-2/h11,13-14,16-17,19,24,26,32,34,37-38,41-42H,3-10,12,15,18,20-23,25,27-31,33,35-36H2,1-2H3,(H,40,43)/b13-11-,16-14+,19-17-,26-24+,34-32+. The summed E-state index contributed by atoms with van der Waals surface area (Å²) < 4.78 is 0. The molecule has 0 aromatic rings. The van der Waals surface area contributed by atoms with Crippen molar-refractivity contribution in [3.05, 3.63) is 60.8 Å². The number of carbonyl (C=O) groups is 1. The van der Waals surface area contributed by atoms with Crippen molar-refractivity contribution in [2.75, 3.05) is 6.61 Å². The zero-order valence-electron chi connectivity index (χ0n) is 28.2. The lowest BCUT2D eigenvalue weighted by Crippen LogP contribution is -2.45. The molecule has 2 unspecified atom stereocenters. The molecule has 0 aliphatic carbocycles. The van der Waals surface area contributed by atoms with Crippen LogP contribution in [0.25, 0.3) is 0 Å². The molecule has 0 heterocycles. The molecule has 4 nitrogen and oxygen atoms in total. The highest BCUT2D eigenvalue weighted by atomic mass is 16.3. The molecule has 0 aromatic heterocycles. The van der Waals surface area contributed by atoms with Crippen molar-refractivity contribution in [3.8, 4) is 0 Å². The summed E-state index contributed by atoms with van der Waals surface area (Å²) in [7, 11) is 0. The minimum Gasteiger partial charge on any atom is -0.394 e. The number of aliphatic hydroxyl groups excluding tert-OH is 2. The number of allylic oxidation sites excluding steroid dienone is 9. The fourth-order valence-electron chi connectivity index (χ4n) is 4.88. The molecule has 1 amide bonds. The van der Waals surface area contributed by atoms with Crippen molar-refractivity contribution in [1.29, 1.82) is 0 Å². The monoisotopic (exact) mass is 600 g/mol. The van der Waals surface area contributed by atoms with E-state index in [9.17, 15) is 15.0 Å². The summed E-state index contributed by atoms with van der Waals surface area (Å²) in [6, 6.07) is -0.649. The van der Waals surface area contributed by atoms with Crippen molar-refractivity contribution < 1.29 is 15.0 Å². The van der Waals surface area contributed by atoms with Crippen LogP contribution in [0.4, 0.5) is 0 Å². The fourth-order valence-corrected chi connectivity index (χ4v) is 4.88. The average Bonchev–Trinajstić information content (AvgIpc) is 3.01. The van der Waals surface area contributed by atoms with Crippen molar-refractivity contribution in [3.63, 3.8) is 0 Å². The number of hydrogen-bond acceptors (Lipinski definition) is 3. The lowest BCUT2D eigenvalue weighted by Gasteiger charge is -2.19. The number of unbranched alkanes of at least 4 members (excludes halogenated alkanes) is 16. The summed E-state index contributed by atoms with van der Waals surface area (Å²) >= 11 is 0. The second kappa shape index (κ2) is 34.6. The lowest BCUT2D eigenvalue weighted by atomic mass is 10.1. The molecule has 2 atom stereocenters. The fraction of sp³-hybridized carbons (Fsp3) is 0.718. The van der Waals surface area contributed by atoms with E-state index < -0.39 is 12.1 Å². The molecule has 43 heavy (non-hydrogen) atoms. The summed E-state index contributed by atoms with van der Waals surface area (Å²) in [6.45, 7) is 4.22. The molecule has 0 bridgehead atoms. The van der Waals surface area contributed by atoms with Crippen LogP contribution in [0, 0.1) is 0 Å². The van der Waals surface area contributed by atoms with E-state index in [0.717, 1.165) is 51.4 Å². The van der Waals surface area contributed by atoms with Crippen LogP contribution < -0.4 is 5.32 Å². The Hall–Kier alpha value is -1.91. The molecule has 0 rings (SSSR count). The van der Waals surface area contributed by atoms with Gasteiger partial charge in [0.2, 0.25) is 5.91 Å². The molecule has 0 saturated heterocycles. The van der Waals surface area contributed by atoms with Gasteiger partial charge < -0.3 is 15.5 Å². The largest absolute Gasteiger partial charge is 0.394 e. The first-order valence-corrected chi connectivity index (χ1v) is 18.0. The molecule has 248 valence electrons. The molecule has 0 saturated carbocycles. The predicted molar refractivity (Wildman–Crippen MR) is 188 cm³/mol. The summed E-state index contributed by atoms with van der Waals surface area (Å²) in [5, 5.41) is 22.8. The van der Waals surface area contributed by atoms with Crippen LogP contribution in [0.2, 0.25) is 0 Å². The van der Waals surface area contributed by atoms with Gasteiger partial charge in [-0.3, -0.25) is 4.79 Å². The topological polar surface area (TPSA) is 69.6 Å². The van der Waals surface area contributed by atoms with Crippen molar-refractivity contribution in [1.82, 2.24) is 5.32 Å². The molecular weight excluding hydrogens is 530 g/mol. The van der Waals surface area contributed by atoms with Gasteiger partial charge >= 0.3 is 0 Å². The third kappa shape index (κ3) is 31.3. The number of nitrogens with one attached hydrogen (secondary N) is 1. The Morgan fingerprint density at radius 2 is 0.977 bits per heavy atom. The highest BCUT2D eigenvalue weighted by molar-refractivity contribution is 5.76. The molecule has 0 aromatic carbocycles. The van der Waals surface area contributed by atoms with Crippen molar-refractivity contribution in [2.24, 2.45) is 0 Å². The zero-order chi connectivity index (χ0) is 31.5. The van der Waals surface area contributed by atoms with E-state index in [1.165, 1.54) is 89.9 Å². The van der Waals surface area contributed by atoms with Gasteiger partial charge in [-0.1, -0.05) is 139 Å². The average molecular weight is 600 g/mol. The number of carbonyl (C=O) groups excluding carboxylic acids is 1. The van der Waals surface area contributed by atoms with Crippen LogP contribution in [0.15, 0.2) is 60.8 Å². The maximum absolute atomic E-state index is 12.3. The third-order valence-corrected chi connectivity index (χ3v) is 7.70. The molecule has 4 heteroatoms. The number of rotatable bonds is 31. The van der Waals surface area contributed by atoms with Gasteiger partial charge in [0, 0.05) is 6.42 Å². The molecule has 0 aliphatic heterocycles. The molecule has 3 N–H and O–H groups in total. The second-order valence-corrected chi connectivity index (χ2v) is 11.9. The van der Waals surface area contributed by atoms with Gasteiger partial charge in [0.1, 0.15) is 0 Å². The molecule has 0 fully saturated rings. The first kappa shape index (κ1) is 41.1. The Labute approximate surface area is 266 Å². The second-order valence-electron chi connectivity index (χ2n) is 11.9. The normalized spacial score (nSPS) is 13.9. The first-order chi connectivity index (χ1) is 21.2. The van der Waals surface area contributed by atoms with E-state index in [0.29, 0.717) is 6.42 Å². The Kier molecular flexibility index (Phi) is 33.0. The zero-order valence-corrected chi connectivity index (χ0v) is 28.2. The van der Waals surface area contributed by atoms with E-state index in [1.807, 2.05) is 6.08 Å². The van der Waals surface area contributed by atoms with Gasteiger partial charge in [-0.25, -0.2) is 0 Å². The van der Waals surface area contributed by atoms with Crippen LogP contribution in [-0.4, -0.2) is 34.9 Å². The minimum atomic E-state index is -0.873. The molecule has 0 aliphatic rings. The Balaban J connectivity index is 3.74. The van der Waals surface area contributed by atoms with Gasteiger partial charge in [0.15, 0.2) is 0 Å². The number of hydrogen-bond donors (Lipinski definition) is 3. The van der Waals surface area contributed by atoms with E-state index in [2.05, 4.69) is 67.8 Å². The third-order valence-electron chi connectivity index (χ3n) is 7.70. The van der Waals surface area contributed by atoms with E-state index in [1.54, 1.807) is 6.08 Å². The predicted octanol–water partition coefficient (Wildman–Crippen LogP) is 10.6. The maximum atomic E-state index is 12.3. The number of aliphatic hydroxyl groups is 2. The minimum absolute atomic E-state index is 0.0907. The summed E-state index contributed by atoms with van der Waals surface area (Å²) in [4.78, 5) is 12.3. The van der Waals surface area contributed by atoms with Gasteiger partial charge in [-0.05, 0) is 77.0 Å². The van der Waals surface area contributed by atoms with E-state index in [4.69, 9.17) is 0 Å². The number of amides is 1. The summed E-state index contributed by atoms with van der Waals surface area (Å²) in [5.41, 5.74) is 0. The first-order valence-electron chi connectivity index (χ1n) is 18.0. The smallest absolute Gasteiger partial charge is 0.220 e. The van der Waals surface area contributed by atoms with Crippen LogP contribution in [0.5, 0.6) is 0 Å². The van der Waals surface area contributed by atoms with Gasteiger partial charge in [-0.15, -0.1) is 0 Å². The van der Waals surface area contributed by atoms with Crippen LogP contribution in [0.1, 0.15) is 162 Å². The van der Waals surface area contributed by atoms with Crippen LogP contribution in [0.3, 0.4) is 0 Å². The van der Waals surface area contributed by atoms with Gasteiger partial charge in [0.05, 0.1) is 18.8 Å². The van der Waals surface area contributed by atoms with Gasteiger partial charge in [-0.2, -0.15) is 0 Å². The highest BCUT2D eigenvalue weighted by Gasteiger charge is 2.17. The lowest BCUT2D eigenvalue weighted by molar-refractivity contribution is -0.123. The Morgan fingerprint density at radius 3 is 1.53 bits per heavy atom. The molecule has 0 radical (unpaired) electrons. The van der Waals surface area contributed by atoms with E-state index in [-0.39, 0.29) is 12.5 Å². The SMILES string of the molecule is CCCCC/C=C\C/C=C\CCCCCCCCCC(=O)NC(CO)C(O)/C=C/CC/C=C/CC/C=C/CCCCCC. The Bertz CT molecular complexity index is 737. The molecular formula is C39H69NO3. The van der Waals surface area contributed by atoms with Gasteiger partial charge in [0.25, 0.3) is 0 Å². The highest BCUT2D eigenvalue weighted by Crippen LogP contribution is 2.11. The van der Waals surface area contributed by atoms with E-state index >= 15 is 0 Å². The molecule has 0 spiro atoms. The van der Waals surface area contributed by atoms with Crippen LogP contribution >= 0.6 is 0 Å². The maximum Gasteiger partial charge on any atom is 0.220 e. The van der Waals surface area contributed by atoms with Crippen molar-refractivity contribution in [2.45, 2.75) is 174 Å². The van der Waals surface area contributed by atoms with Crippen LogP contribution in [-0.2, 0) is 4.79 Å². The quantitative estimate of drug-likeness (QED) is 0.0548. The van der Waals surface area contributed by atoms with Crippen molar-refractivity contribution >= 4 is 5.91 Å². The Morgan fingerprint density at radius 1 is 0.558 bits per heavy atom. The summed E-state index contributed by atoms with van der Waals surface area (Å²) in [5.74, 6) is -0.0907.